The number of benzene rings is 2. The highest BCUT2D eigenvalue weighted by atomic mass is 32.2. The Labute approximate surface area is 197 Å². The number of rotatable bonds is 8. The highest BCUT2D eigenvalue weighted by molar-refractivity contribution is 7.98. The number of thioether (sulfide) groups is 1. The van der Waals surface area contributed by atoms with Crippen molar-refractivity contribution >= 4 is 17.4 Å². The van der Waals surface area contributed by atoms with E-state index in [2.05, 4.69) is 20.3 Å². The lowest BCUT2D eigenvalue weighted by atomic mass is 10.2. The Morgan fingerprint density at radius 2 is 1.94 bits per heavy atom. The maximum atomic E-state index is 11.0. The number of nitro groups is 1. The first-order valence-electron chi connectivity index (χ1n) is 10.3. The van der Waals surface area contributed by atoms with E-state index in [0.29, 0.717) is 40.6 Å². The van der Waals surface area contributed by atoms with Crippen LogP contribution in [0.4, 0.5) is 5.69 Å². The first kappa shape index (κ1) is 21.6. The van der Waals surface area contributed by atoms with Gasteiger partial charge in [0.2, 0.25) is 11.7 Å². The van der Waals surface area contributed by atoms with Crippen molar-refractivity contribution in [2.24, 2.45) is 0 Å². The average Bonchev–Trinajstić information content (AvgIpc) is 3.59. The molecular weight excluding hydrogens is 456 g/mol. The van der Waals surface area contributed by atoms with E-state index in [1.807, 2.05) is 47.9 Å². The number of furan rings is 1. The molecule has 0 fully saturated rings. The van der Waals surface area contributed by atoms with Gasteiger partial charge in [-0.15, -0.1) is 10.2 Å². The third-order valence-corrected chi connectivity index (χ3v) is 6.06. The van der Waals surface area contributed by atoms with Crippen molar-refractivity contribution in [2.75, 3.05) is 0 Å². The van der Waals surface area contributed by atoms with Crippen LogP contribution in [0.3, 0.4) is 0 Å². The molecule has 0 spiro atoms. The molecule has 0 saturated carbocycles. The molecule has 10 nitrogen and oxygen atoms in total. The predicted octanol–water partition coefficient (Wildman–Crippen LogP) is 5.15. The minimum atomic E-state index is -0.459. The minimum absolute atomic E-state index is 0.0330. The number of aryl methyl sites for hydroxylation is 1. The van der Waals surface area contributed by atoms with Gasteiger partial charge in [0.25, 0.3) is 5.69 Å². The number of nitrogens with zero attached hydrogens (tertiary/aromatic N) is 6. The van der Waals surface area contributed by atoms with Crippen LogP contribution in [0.15, 0.2) is 81.0 Å². The second kappa shape index (κ2) is 9.32. The normalized spacial score (nSPS) is 11.1. The molecule has 3 aromatic heterocycles. The Bertz CT molecular complexity index is 1440. The molecule has 0 radical (unpaired) electrons. The van der Waals surface area contributed by atoms with Crippen molar-refractivity contribution in [1.29, 1.82) is 0 Å². The molecule has 3 heterocycles. The second-order valence-corrected chi connectivity index (χ2v) is 8.32. The highest BCUT2D eigenvalue weighted by Gasteiger charge is 2.19. The molecule has 170 valence electrons. The van der Waals surface area contributed by atoms with Gasteiger partial charge >= 0.3 is 0 Å². The van der Waals surface area contributed by atoms with E-state index in [9.17, 15) is 10.1 Å². The largest absolute Gasteiger partial charge is 0.469 e. The molecule has 34 heavy (non-hydrogen) atoms. The van der Waals surface area contributed by atoms with Crippen molar-refractivity contribution in [3.05, 3.63) is 94.3 Å². The van der Waals surface area contributed by atoms with Gasteiger partial charge in [-0.25, -0.2) is 0 Å². The van der Waals surface area contributed by atoms with Crippen molar-refractivity contribution < 1.29 is 13.9 Å². The zero-order chi connectivity index (χ0) is 23.5. The van der Waals surface area contributed by atoms with E-state index in [1.165, 1.54) is 23.9 Å². The van der Waals surface area contributed by atoms with Gasteiger partial charge in [0.15, 0.2) is 11.0 Å². The minimum Gasteiger partial charge on any atom is -0.469 e. The summed E-state index contributed by atoms with van der Waals surface area (Å²) >= 11 is 1.41. The van der Waals surface area contributed by atoms with Crippen LogP contribution in [0.2, 0.25) is 0 Å². The fourth-order valence-electron chi connectivity index (χ4n) is 3.44. The van der Waals surface area contributed by atoms with Gasteiger partial charge in [0.05, 0.1) is 29.0 Å². The Balaban J connectivity index is 1.39. The molecule has 2 aromatic carbocycles. The molecule has 0 bridgehead atoms. The van der Waals surface area contributed by atoms with Crippen molar-refractivity contribution in [3.63, 3.8) is 0 Å². The van der Waals surface area contributed by atoms with Crippen molar-refractivity contribution in [1.82, 2.24) is 24.9 Å². The summed E-state index contributed by atoms with van der Waals surface area (Å²) in [5.74, 6) is 2.50. The standard InChI is InChI=1S/C23H18N6O4S/c1-15-19(10-11-32-15)22-25-26-23(28(22)13-16-6-3-2-4-7-16)34-14-20-24-21(27-33-20)17-8-5-9-18(12-17)29(30)31/h2-12H,13-14H2,1H3. The molecule has 11 heteroatoms. The summed E-state index contributed by atoms with van der Waals surface area (Å²) in [6, 6.07) is 18.0. The number of hydrogen-bond acceptors (Lipinski definition) is 9. The van der Waals surface area contributed by atoms with E-state index in [1.54, 1.807) is 18.4 Å². The van der Waals surface area contributed by atoms with Crippen LogP contribution in [0.25, 0.3) is 22.8 Å². The first-order chi connectivity index (χ1) is 16.6. The quantitative estimate of drug-likeness (QED) is 0.170. The van der Waals surface area contributed by atoms with Crippen LogP contribution in [0.5, 0.6) is 0 Å². The lowest BCUT2D eigenvalue weighted by Gasteiger charge is -2.09. The van der Waals surface area contributed by atoms with Gasteiger partial charge < -0.3 is 8.94 Å². The summed E-state index contributed by atoms with van der Waals surface area (Å²) in [5.41, 5.74) is 2.46. The molecular formula is C23H18N6O4S. The summed E-state index contributed by atoms with van der Waals surface area (Å²) in [7, 11) is 0. The fourth-order valence-corrected chi connectivity index (χ4v) is 4.21. The lowest BCUT2D eigenvalue weighted by molar-refractivity contribution is -0.384. The van der Waals surface area contributed by atoms with Gasteiger partial charge in [-0.1, -0.05) is 59.4 Å². The smallest absolute Gasteiger partial charge is 0.270 e. The maximum absolute atomic E-state index is 11.0. The number of hydrogen-bond donors (Lipinski definition) is 0. The van der Waals surface area contributed by atoms with Crippen LogP contribution in [0, 0.1) is 17.0 Å². The van der Waals surface area contributed by atoms with Gasteiger partial charge in [-0.2, -0.15) is 4.98 Å². The highest BCUT2D eigenvalue weighted by Crippen LogP contribution is 2.30. The molecule has 5 rings (SSSR count). The van der Waals surface area contributed by atoms with Crippen LogP contribution >= 0.6 is 11.8 Å². The monoisotopic (exact) mass is 474 g/mol. The zero-order valence-corrected chi connectivity index (χ0v) is 18.8. The van der Waals surface area contributed by atoms with Gasteiger partial charge in [-0.3, -0.25) is 14.7 Å². The van der Waals surface area contributed by atoms with Crippen LogP contribution in [0.1, 0.15) is 17.2 Å². The second-order valence-electron chi connectivity index (χ2n) is 7.38. The van der Waals surface area contributed by atoms with Crippen LogP contribution < -0.4 is 0 Å². The summed E-state index contributed by atoms with van der Waals surface area (Å²) in [4.78, 5) is 15.0. The first-order valence-corrected chi connectivity index (χ1v) is 11.3. The zero-order valence-electron chi connectivity index (χ0n) is 18.0. The van der Waals surface area contributed by atoms with Crippen LogP contribution in [-0.2, 0) is 12.3 Å². The van der Waals surface area contributed by atoms with Gasteiger partial charge in [0, 0.05) is 17.7 Å². The molecule has 0 aliphatic carbocycles. The van der Waals surface area contributed by atoms with Crippen LogP contribution in [-0.4, -0.2) is 29.8 Å². The summed E-state index contributed by atoms with van der Waals surface area (Å²) < 4.78 is 12.9. The summed E-state index contributed by atoms with van der Waals surface area (Å²) in [5, 5.41) is 24.5. The Kier molecular flexibility index (Phi) is 5.91. The lowest BCUT2D eigenvalue weighted by Crippen LogP contribution is -2.04. The molecule has 0 amide bonds. The topological polar surface area (TPSA) is 126 Å². The van der Waals surface area contributed by atoms with Crippen molar-refractivity contribution in [3.8, 4) is 22.8 Å². The fraction of sp³-hybridized carbons (Fsp3) is 0.130. The predicted molar refractivity (Wildman–Crippen MR) is 124 cm³/mol. The van der Waals surface area contributed by atoms with E-state index < -0.39 is 4.92 Å². The van der Waals surface area contributed by atoms with E-state index >= 15 is 0 Å². The Morgan fingerprint density at radius 3 is 2.71 bits per heavy atom. The molecule has 5 aromatic rings. The van der Waals surface area contributed by atoms with E-state index in [4.69, 9.17) is 8.94 Å². The summed E-state index contributed by atoms with van der Waals surface area (Å²) in [6.07, 6.45) is 1.63. The number of nitro benzene ring substituents is 1. The molecule has 0 unspecified atom stereocenters. The molecule has 0 atom stereocenters. The average molecular weight is 475 g/mol. The van der Waals surface area contributed by atoms with E-state index in [-0.39, 0.29) is 5.69 Å². The number of aromatic nitrogens is 5. The Hall–Kier alpha value is -4.25. The Morgan fingerprint density at radius 1 is 1.09 bits per heavy atom. The molecule has 0 saturated heterocycles. The SMILES string of the molecule is Cc1occc1-c1nnc(SCc2nc(-c3cccc([N+](=O)[O-])c3)no2)n1Cc1ccccc1. The molecule has 0 aliphatic heterocycles. The third-order valence-electron chi connectivity index (χ3n) is 5.11. The van der Waals surface area contributed by atoms with Gasteiger partial charge in [0.1, 0.15) is 5.76 Å². The van der Waals surface area contributed by atoms with Gasteiger partial charge in [-0.05, 0) is 18.6 Å². The molecule has 0 N–H and O–H groups in total. The maximum Gasteiger partial charge on any atom is 0.270 e. The molecule has 0 aliphatic rings. The van der Waals surface area contributed by atoms with E-state index in [0.717, 1.165) is 16.9 Å². The third kappa shape index (κ3) is 4.46. The number of non-ortho nitro benzene ring substituents is 1. The van der Waals surface area contributed by atoms with Crippen molar-refractivity contribution in [2.45, 2.75) is 24.4 Å². The summed E-state index contributed by atoms with van der Waals surface area (Å²) in [6.45, 7) is 2.47.